The molecule has 2 aromatic rings. The normalized spacial score (nSPS) is 12.3. The molecule has 2 rings (SSSR count). The number of benzene rings is 1. The Bertz CT molecular complexity index is 551. The first-order chi connectivity index (χ1) is 8.40. The lowest BCUT2D eigenvalue weighted by Crippen LogP contribution is -2.35. The first-order valence-electron chi connectivity index (χ1n) is 6.35. The van der Waals surface area contributed by atoms with E-state index < -0.39 is 0 Å². The number of fused-ring (bicyclic) bond motifs is 1. The van der Waals surface area contributed by atoms with Crippen molar-refractivity contribution in [1.29, 1.82) is 0 Å². The first-order valence-corrected chi connectivity index (χ1v) is 7.43. The molecule has 0 radical (unpaired) electrons. The molecule has 2 nitrogen and oxygen atoms in total. The maximum absolute atomic E-state index is 5.97. The Hall–Kier alpha value is -0.550. The van der Waals surface area contributed by atoms with Gasteiger partial charge in [0.2, 0.25) is 0 Å². The van der Waals surface area contributed by atoms with Crippen LogP contribution in [0.5, 0.6) is 0 Å². The smallest absolute Gasteiger partial charge is 0.134 e. The fourth-order valence-corrected chi connectivity index (χ4v) is 2.54. The summed E-state index contributed by atoms with van der Waals surface area (Å²) >= 11 is 2.35. The van der Waals surface area contributed by atoms with Gasteiger partial charge >= 0.3 is 0 Å². The van der Waals surface area contributed by atoms with Crippen LogP contribution in [0.25, 0.3) is 11.0 Å². The van der Waals surface area contributed by atoms with Crippen LogP contribution in [0.1, 0.15) is 39.0 Å². The van der Waals surface area contributed by atoms with Crippen molar-refractivity contribution in [3.05, 3.63) is 33.1 Å². The van der Waals surface area contributed by atoms with E-state index in [1.807, 2.05) is 0 Å². The van der Waals surface area contributed by atoms with Crippen molar-refractivity contribution in [3.63, 3.8) is 0 Å². The van der Waals surface area contributed by atoms with Crippen molar-refractivity contribution in [3.8, 4) is 0 Å². The van der Waals surface area contributed by atoms with Crippen LogP contribution < -0.4 is 5.32 Å². The summed E-state index contributed by atoms with van der Waals surface area (Å²) in [6.45, 7) is 9.49. The van der Waals surface area contributed by atoms with E-state index in [4.69, 9.17) is 4.42 Å². The molecule has 0 amide bonds. The lowest BCUT2D eigenvalue weighted by atomic mass is 10.1. The van der Waals surface area contributed by atoms with Crippen LogP contribution in [-0.4, -0.2) is 5.54 Å². The minimum Gasteiger partial charge on any atom is -0.459 e. The van der Waals surface area contributed by atoms with E-state index in [9.17, 15) is 0 Å². The number of nitrogens with one attached hydrogen (secondary N) is 1. The summed E-state index contributed by atoms with van der Waals surface area (Å²) in [4.78, 5) is 0. The van der Waals surface area contributed by atoms with Gasteiger partial charge in [0.05, 0.1) is 6.54 Å². The predicted molar refractivity (Wildman–Crippen MR) is 84.9 cm³/mol. The van der Waals surface area contributed by atoms with Gasteiger partial charge in [-0.05, 0) is 68.0 Å². The van der Waals surface area contributed by atoms with Gasteiger partial charge in [-0.15, -0.1) is 0 Å². The Balaban J connectivity index is 2.38. The molecule has 1 heterocycles. The molecule has 0 aliphatic heterocycles. The van der Waals surface area contributed by atoms with E-state index in [-0.39, 0.29) is 5.54 Å². The number of rotatable bonds is 3. The number of aryl methyl sites for hydroxylation is 1. The number of halogens is 1. The van der Waals surface area contributed by atoms with Gasteiger partial charge in [-0.3, -0.25) is 0 Å². The Labute approximate surface area is 122 Å². The largest absolute Gasteiger partial charge is 0.459 e. The van der Waals surface area contributed by atoms with Gasteiger partial charge in [-0.1, -0.05) is 6.92 Å². The molecule has 0 fully saturated rings. The topological polar surface area (TPSA) is 25.2 Å². The van der Waals surface area contributed by atoms with Gasteiger partial charge in [-0.2, -0.15) is 0 Å². The average Bonchev–Trinajstić information content (AvgIpc) is 2.62. The number of hydrogen-bond donors (Lipinski definition) is 1. The molecule has 1 aromatic carbocycles. The molecule has 0 atom stereocenters. The first kappa shape index (κ1) is 13.9. The van der Waals surface area contributed by atoms with E-state index in [0.29, 0.717) is 0 Å². The quantitative estimate of drug-likeness (QED) is 0.819. The molecule has 98 valence electrons. The second-order valence-corrected chi connectivity index (χ2v) is 6.85. The summed E-state index contributed by atoms with van der Waals surface area (Å²) in [6, 6.07) is 6.36. The minimum atomic E-state index is 0.110. The molecule has 18 heavy (non-hydrogen) atoms. The molecule has 0 saturated carbocycles. The Kier molecular flexibility index (Phi) is 4.02. The van der Waals surface area contributed by atoms with Crippen molar-refractivity contribution < 1.29 is 4.42 Å². The Morgan fingerprint density at radius 1 is 1.28 bits per heavy atom. The maximum atomic E-state index is 5.97. The van der Waals surface area contributed by atoms with Crippen molar-refractivity contribution in [1.82, 2.24) is 5.32 Å². The van der Waals surface area contributed by atoms with Crippen LogP contribution >= 0.6 is 22.6 Å². The molecular formula is C15H20INO. The standard InChI is InChI=1S/C15H20INO/c1-5-11-12-8-10(16)6-7-13(12)18-14(11)9-17-15(2,3)4/h6-8,17H,5,9H2,1-4H3. The highest BCUT2D eigenvalue weighted by atomic mass is 127. The van der Waals surface area contributed by atoms with Crippen LogP contribution in [0.15, 0.2) is 22.6 Å². The summed E-state index contributed by atoms with van der Waals surface area (Å²) in [5.74, 6) is 1.07. The predicted octanol–water partition coefficient (Wildman–Crippen LogP) is 4.49. The van der Waals surface area contributed by atoms with Gasteiger partial charge in [-0.25, -0.2) is 0 Å². The highest BCUT2D eigenvalue weighted by molar-refractivity contribution is 14.1. The lowest BCUT2D eigenvalue weighted by molar-refractivity contribution is 0.393. The monoisotopic (exact) mass is 357 g/mol. The number of furan rings is 1. The lowest BCUT2D eigenvalue weighted by Gasteiger charge is -2.19. The highest BCUT2D eigenvalue weighted by Crippen LogP contribution is 2.28. The van der Waals surface area contributed by atoms with E-state index in [1.165, 1.54) is 14.5 Å². The van der Waals surface area contributed by atoms with Crippen LogP contribution in [0.3, 0.4) is 0 Å². The Morgan fingerprint density at radius 2 is 2.00 bits per heavy atom. The van der Waals surface area contributed by atoms with Gasteiger partial charge in [0.15, 0.2) is 0 Å². The molecule has 3 heteroatoms. The third-order valence-electron chi connectivity index (χ3n) is 2.97. The number of hydrogen-bond acceptors (Lipinski definition) is 2. The maximum Gasteiger partial charge on any atom is 0.134 e. The van der Waals surface area contributed by atoms with E-state index >= 15 is 0 Å². The van der Waals surface area contributed by atoms with Crippen LogP contribution in [0.4, 0.5) is 0 Å². The van der Waals surface area contributed by atoms with Crippen molar-refractivity contribution in [2.75, 3.05) is 0 Å². The fourth-order valence-electron chi connectivity index (χ4n) is 2.05. The zero-order valence-corrected chi connectivity index (χ0v) is 13.6. The van der Waals surface area contributed by atoms with Crippen LogP contribution in [0, 0.1) is 3.57 Å². The average molecular weight is 357 g/mol. The van der Waals surface area contributed by atoms with E-state index in [1.54, 1.807) is 0 Å². The van der Waals surface area contributed by atoms with Crippen molar-refractivity contribution in [2.45, 2.75) is 46.2 Å². The summed E-state index contributed by atoms with van der Waals surface area (Å²) in [5.41, 5.74) is 2.44. The molecule has 0 unspecified atom stereocenters. The van der Waals surface area contributed by atoms with E-state index in [0.717, 1.165) is 24.3 Å². The molecule has 0 aliphatic carbocycles. The van der Waals surface area contributed by atoms with Crippen LogP contribution in [0.2, 0.25) is 0 Å². The fraction of sp³-hybridized carbons (Fsp3) is 0.467. The highest BCUT2D eigenvalue weighted by Gasteiger charge is 2.15. The van der Waals surface area contributed by atoms with Crippen molar-refractivity contribution >= 4 is 33.6 Å². The summed E-state index contributed by atoms with van der Waals surface area (Å²) in [7, 11) is 0. The third kappa shape index (κ3) is 3.06. The van der Waals surface area contributed by atoms with E-state index in [2.05, 4.69) is 73.8 Å². The molecule has 0 aliphatic rings. The van der Waals surface area contributed by atoms with Gasteiger partial charge in [0.25, 0.3) is 0 Å². The molecule has 1 N–H and O–H groups in total. The summed E-state index contributed by atoms with van der Waals surface area (Å²) < 4.78 is 7.23. The molecule has 0 bridgehead atoms. The SMILES string of the molecule is CCc1c(CNC(C)(C)C)oc2ccc(I)cc12. The summed E-state index contributed by atoms with van der Waals surface area (Å²) in [5, 5.41) is 4.75. The molecule has 0 spiro atoms. The van der Waals surface area contributed by atoms with Crippen LogP contribution in [-0.2, 0) is 13.0 Å². The van der Waals surface area contributed by atoms with Gasteiger partial charge < -0.3 is 9.73 Å². The Morgan fingerprint density at radius 3 is 2.61 bits per heavy atom. The van der Waals surface area contributed by atoms with Crippen molar-refractivity contribution in [2.24, 2.45) is 0 Å². The zero-order valence-electron chi connectivity index (χ0n) is 11.4. The second kappa shape index (κ2) is 5.21. The van der Waals surface area contributed by atoms with Gasteiger partial charge in [0.1, 0.15) is 11.3 Å². The van der Waals surface area contributed by atoms with Gasteiger partial charge in [0, 0.05) is 20.1 Å². The molecule has 1 aromatic heterocycles. The summed E-state index contributed by atoms with van der Waals surface area (Å²) in [6.07, 6.45) is 1.01. The third-order valence-corrected chi connectivity index (χ3v) is 3.64. The molecular weight excluding hydrogens is 337 g/mol. The second-order valence-electron chi connectivity index (χ2n) is 5.60. The minimum absolute atomic E-state index is 0.110. The zero-order chi connectivity index (χ0) is 13.3. The molecule has 0 saturated heterocycles.